The van der Waals surface area contributed by atoms with Crippen LogP contribution in [0.1, 0.15) is 21.6 Å². The van der Waals surface area contributed by atoms with Crippen LogP contribution in [0.25, 0.3) is 0 Å². The molecule has 3 rings (SSSR count). The molecule has 0 aliphatic rings. The topological polar surface area (TPSA) is 102 Å². The van der Waals surface area contributed by atoms with E-state index in [1.807, 2.05) is 0 Å². The second kappa shape index (κ2) is 7.55. The highest BCUT2D eigenvalue weighted by molar-refractivity contribution is 6.02. The molecule has 8 nitrogen and oxygen atoms in total. The molecule has 11 heteroatoms. The maximum absolute atomic E-state index is 12.8. The third-order valence-corrected chi connectivity index (χ3v) is 3.66. The Bertz CT molecular complexity index is 1010. The van der Waals surface area contributed by atoms with Crippen molar-refractivity contribution < 1.29 is 27.9 Å². The van der Waals surface area contributed by atoms with Crippen LogP contribution in [0.2, 0.25) is 0 Å². The molecule has 3 aromatic rings. The molecule has 2 heterocycles. The molecule has 0 aliphatic carbocycles. The van der Waals surface area contributed by atoms with Crippen LogP contribution in [-0.4, -0.2) is 36.5 Å². The van der Waals surface area contributed by atoms with E-state index >= 15 is 0 Å². The molecular formula is C17H14F3N5O3. The Morgan fingerprint density at radius 3 is 2.68 bits per heavy atom. The lowest BCUT2D eigenvalue weighted by molar-refractivity contribution is -0.138. The van der Waals surface area contributed by atoms with E-state index in [1.165, 1.54) is 35.4 Å². The Morgan fingerprint density at radius 1 is 1.18 bits per heavy atom. The number of nitrogens with zero attached hydrogens (tertiary/aromatic N) is 4. The number of carbonyl (C=O) groups is 2. The fourth-order valence-electron chi connectivity index (χ4n) is 2.45. The summed E-state index contributed by atoms with van der Waals surface area (Å²) in [4.78, 5) is 22.8. The summed E-state index contributed by atoms with van der Waals surface area (Å²) in [5.74, 6) is -1.66. The van der Waals surface area contributed by atoms with E-state index < -0.39 is 23.6 Å². The Kier molecular flexibility index (Phi) is 5.16. The molecule has 0 radical (unpaired) electrons. The zero-order chi connectivity index (χ0) is 20.3. The van der Waals surface area contributed by atoms with Crippen LogP contribution in [0.15, 0.2) is 48.9 Å². The molecular weight excluding hydrogens is 379 g/mol. The van der Waals surface area contributed by atoms with Crippen molar-refractivity contribution in [1.29, 1.82) is 0 Å². The average Bonchev–Trinajstić information content (AvgIpc) is 3.23. The quantitative estimate of drug-likeness (QED) is 0.670. The number of rotatable bonds is 6. The van der Waals surface area contributed by atoms with Crippen molar-refractivity contribution in [3.05, 3.63) is 65.7 Å². The smallest absolute Gasteiger partial charge is 0.416 e. The lowest BCUT2D eigenvalue weighted by Gasteiger charge is -2.08. The third kappa shape index (κ3) is 4.75. The van der Waals surface area contributed by atoms with Gasteiger partial charge in [0.2, 0.25) is 0 Å². The molecule has 1 aromatic carbocycles. The molecule has 2 aromatic heterocycles. The van der Waals surface area contributed by atoms with E-state index in [4.69, 9.17) is 5.11 Å². The molecule has 28 heavy (non-hydrogen) atoms. The van der Waals surface area contributed by atoms with Crippen molar-refractivity contribution in [3.63, 3.8) is 0 Å². The fraction of sp³-hybridized carbons (Fsp3) is 0.176. The molecule has 0 fully saturated rings. The lowest BCUT2D eigenvalue weighted by Crippen LogP contribution is -2.14. The summed E-state index contributed by atoms with van der Waals surface area (Å²) in [6, 6.07) is 6.25. The Morgan fingerprint density at radius 2 is 1.96 bits per heavy atom. The molecule has 0 unspecified atom stereocenters. The number of aromatic nitrogens is 4. The maximum atomic E-state index is 12.8. The number of carbonyl (C=O) groups excluding carboxylic acids is 1. The van der Waals surface area contributed by atoms with Gasteiger partial charge in [-0.05, 0) is 23.8 Å². The third-order valence-electron chi connectivity index (χ3n) is 3.66. The number of alkyl halides is 3. The predicted octanol–water partition coefficient (Wildman–Crippen LogP) is 2.48. The SMILES string of the molecule is O=C(O)Cn1ccc(C(=O)Nc2cnn(Cc3cccc(C(F)(F)F)c3)c2)n1. The highest BCUT2D eigenvalue weighted by atomic mass is 19.4. The number of hydrogen-bond donors (Lipinski definition) is 2. The Labute approximate surface area is 156 Å². The second-order valence-corrected chi connectivity index (χ2v) is 5.87. The average molecular weight is 393 g/mol. The van der Waals surface area contributed by atoms with Crippen molar-refractivity contribution >= 4 is 17.6 Å². The maximum Gasteiger partial charge on any atom is 0.416 e. The van der Waals surface area contributed by atoms with Gasteiger partial charge in [0.05, 0.1) is 24.0 Å². The Hall–Kier alpha value is -3.63. The van der Waals surface area contributed by atoms with Gasteiger partial charge in [-0.15, -0.1) is 0 Å². The van der Waals surface area contributed by atoms with Crippen LogP contribution < -0.4 is 5.32 Å². The van der Waals surface area contributed by atoms with Crippen LogP contribution >= 0.6 is 0 Å². The second-order valence-electron chi connectivity index (χ2n) is 5.87. The van der Waals surface area contributed by atoms with Crippen molar-refractivity contribution in [2.45, 2.75) is 19.3 Å². The van der Waals surface area contributed by atoms with Gasteiger partial charge in [-0.25, -0.2) is 0 Å². The van der Waals surface area contributed by atoms with E-state index in [9.17, 15) is 22.8 Å². The van der Waals surface area contributed by atoms with Gasteiger partial charge in [-0.1, -0.05) is 12.1 Å². The van der Waals surface area contributed by atoms with Crippen molar-refractivity contribution in [2.24, 2.45) is 0 Å². The van der Waals surface area contributed by atoms with Gasteiger partial charge in [-0.2, -0.15) is 23.4 Å². The minimum absolute atomic E-state index is 0.0203. The zero-order valence-corrected chi connectivity index (χ0v) is 14.2. The number of nitrogens with one attached hydrogen (secondary N) is 1. The molecule has 0 saturated heterocycles. The van der Waals surface area contributed by atoms with Crippen molar-refractivity contribution in [3.8, 4) is 0 Å². The molecule has 0 atom stereocenters. The van der Waals surface area contributed by atoms with Gasteiger partial charge < -0.3 is 10.4 Å². The highest BCUT2D eigenvalue weighted by Gasteiger charge is 2.30. The molecule has 2 N–H and O–H groups in total. The van der Waals surface area contributed by atoms with E-state index in [0.29, 0.717) is 11.3 Å². The summed E-state index contributed by atoms with van der Waals surface area (Å²) >= 11 is 0. The summed E-state index contributed by atoms with van der Waals surface area (Å²) in [6.45, 7) is -0.283. The van der Waals surface area contributed by atoms with Crippen LogP contribution in [0.3, 0.4) is 0 Å². The minimum atomic E-state index is -4.43. The van der Waals surface area contributed by atoms with E-state index in [0.717, 1.165) is 16.8 Å². The molecule has 0 spiro atoms. The largest absolute Gasteiger partial charge is 0.480 e. The van der Waals surface area contributed by atoms with E-state index in [2.05, 4.69) is 15.5 Å². The van der Waals surface area contributed by atoms with Gasteiger partial charge >= 0.3 is 12.1 Å². The van der Waals surface area contributed by atoms with Crippen LogP contribution in [-0.2, 0) is 24.1 Å². The lowest BCUT2D eigenvalue weighted by atomic mass is 10.1. The number of aliphatic carboxylic acids is 1. The van der Waals surface area contributed by atoms with Crippen LogP contribution in [0.4, 0.5) is 18.9 Å². The first kappa shape index (κ1) is 19.1. The zero-order valence-electron chi connectivity index (χ0n) is 14.2. The van der Waals surface area contributed by atoms with Gasteiger partial charge in [0.25, 0.3) is 5.91 Å². The monoisotopic (exact) mass is 393 g/mol. The molecule has 0 bridgehead atoms. The first-order valence-electron chi connectivity index (χ1n) is 7.96. The number of carboxylic acid groups (broad SMARTS) is 1. The molecule has 146 valence electrons. The van der Waals surface area contributed by atoms with Crippen molar-refractivity contribution in [1.82, 2.24) is 19.6 Å². The number of amides is 1. The fourth-order valence-corrected chi connectivity index (χ4v) is 2.45. The van der Waals surface area contributed by atoms with Crippen molar-refractivity contribution in [2.75, 3.05) is 5.32 Å². The standard InChI is InChI=1S/C17H14F3N5O3/c18-17(19,20)12-3-1-2-11(6-12)8-25-9-13(7-21-25)22-16(28)14-4-5-24(23-14)10-15(26)27/h1-7,9H,8,10H2,(H,22,28)(H,26,27). The van der Waals surface area contributed by atoms with Gasteiger partial charge in [0.1, 0.15) is 6.54 Å². The normalized spacial score (nSPS) is 11.4. The van der Waals surface area contributed by atoms with Gasteiger partial charge in [-0.3, -0.25) is 19.0 Å². The first-order valence-corrected chi connectivity index (χ1v) is 7.96. The number of carboxylic acids is 1. The number of anilines is 1. The predicted molar refractivity (Wildman–Crippen MR) is 90.6 cm³/mol. The summed E-state index contributed by atoms with van der Waals surface area (Å²) in [6.07, 6.45) is -0.254. The number of hydrogen-bond acceptors (Lipinski definition) is 4. The summed E-state index contributed by atoms with van der Waals surface area (Å²) in [5, 5.41) is 19.1. The Balaban J connectivity index is 1.65. The molecule has 1 amide bonds. The van der Waals surface area contributed by atoms with Crippen LogP contribution in [0, 0.1) is 0 Å². The summed E-state index contributed by atoms with van der Waals surface area (Å²) < 4.78 is 40.8. The number of benzene rings is 1. The van der Waals surface area contributed by atoms with Gasteiger partial charge in [0.15, 0.2) is 5.69 Å². The highest BCUT2D eigenvalue weighted by Crippen LogP contribution is 2.29. The minimum Gasteiger partial charge on any atom is -0.480 e. The number of halogens is 3. The first-order chi connectivity index (χ1) is 13.2. The van der Waals surface area contributed by atoms with E-state index in [1.54, 1.807) is 6.07 Å². The van der Waals surface area contributed by atoms with E-state index in [-0.39, 0.29) is 18.8 Å². The summed E-state index contributed by atoms with van der Waals surface area (Å²) in [5.41, 5.74) is 0.00230. The molecule has 0 aliphatic heterocycles. The summed E-state index contributed by atoms with van der Waals surface area (Å²) in [7, 11) is 0. The van der Waals surface area contributed by atoms with Crippen LogP contribution in [0.5, 0.6) is 0 Å². The molecule has 0 saturated carbocycles. The van der Waals surface area contributed by atoms with Gasteiger partial charge in [0, 0.05) is 12.4 Å².